The number of aromatic nitrogens is 2. The van der Waals surface area contributed by atoms with Crippen molar-refractivity contribution in [2.24, 2.45) is 0 Å². The van der Waals surface area contributed by atoms with Gasteiger partial charge in [0.05, 0.1) is 12.8 Å². The standard InChI is InChI=1S/C15H14FN3O2/c1-21-15(20)14-11-7-17-8-12(11)18-13(19-14)6-9-3-2-4-10(16)5-9/h2-5,17H,6-8H2,1H3. The molecular formula is C15H14FN3O2. The van der Waals surface area contributed by atoms with Crippen LogP contribution in [0.5, 0.6) is 0 Å². The van der Waals surface area contributed by atoms with E-state index in [2.05, 4.69) is 15.3 Å². The summed E-state index contributed by atoms with van der Waals surface area (Å²) in [5.41, 5.74) is 2.64. The quantitative estimate of drug-likeness (QED) is 0.869. The smallest absolute Gasteiger partial charge is 0.357 e. The first kappa shape index (κ1) is 13.6. The zero-order valence-electron chi connectivity index (χ0n) is 11.5. The van der Waals surface area contributed by atoms with E-state index < -0.39 is 5.97 Å². The third-order valence-electron chi connectivity index (χ3n) is 3.36. The number of methoxy groups -OCH3 is 1. The zero-order chi connectivity index (χ0) is 14.8. The molecule has 1 aromatic heterocycles. The Morgan fingerprint density at radius 1 is 1.38 bits per heavy atom. The Labute approximate surface area is 121 Å². The molecule has 1 aliphatic heterocycles. The molecular weight excluding hydrogens is 273 g/mol. The van der Waals surface area contributed by atoms with Crippen LogP contribution in [-0.4, -0.2) is 23.0 Å². The van der Waals surface area contributed by atoms with Crippen LogP contribution in [0.4, 0.5) is 4.39 Å². The summed E-state index contributed by atoms with van der Waals surface area (Å²) in [4.78, 5) is 20.6. The molecule has 0 spiro atoms. The third kappa shape index (κ3) is 2.75. The molecule has 6 heteroatoms. The van der Waals surface area contributed by atoms with Crippen LogP contribution in [0.25, 0.3) is 0 Å². The molecule has 0 saturated carbocycles. The largest absolute Gasteiger partial charge is 0.464 e. The maximum Gasteiger partial charge on any atom is 0.357 e. The Bertz CT molecular complexity index is 703. The molecule has 0 atom stereocenters. The van der Waals surface area contributed by atoms with Gasteiger partial charge in [-0.1, -0.05) is 12.1 Å². The lowest BCUT2D eigenvalue weighted by Crippen LogP contribution is -2.13. The first-order chi connectivity index (χ1) is 10.2. The molecule has 0 saturated heterocycles. The predicted octanol–water partition coefficient (Wildman–Crippen LogP) is 1.60. The van der Waals surface area contributed by atoms with Crippen LogP contribution in [0, 0.1) is 5.82 Å². The second-order valence-electron chi connectivity index (χ2n) is 4.82. The molecule has 1 aliphatic rings. The van der Waals surface area contributed by atoms with Crippen molar-refractivity contribution >= 4 is 5.97 Å². The molecule has 2 heterocycles. The molecule has 2 aromatic rings. The average molecular weight is 287 g/mol. The summed E-state index contributed by atoms with van der Waals surface area (Å²) in [5.74, 6) is -0.287. The molecule has 1 N–H and O–H groups in total. The fourth-order valence-corrected chi connectivity index (χ4v) is 2.39. The van der Waals surface area contributed by atoms with Crippen LogP contribution in [0.2, 0.25) is 0 Å². The molecule has 0 amide bonds. The van der Waals surface area contributed by atoms with Crippen molar-refractivity contribution in [1.82, 2.24) is 15.3 Å². The van der Waals surface area contributed by atoms with Crippen molar-refractivity contribution in [2.45, 2.75) is 19.5 Å². The highest BCUT2D eigenvalue weighted by Gasteiger charge is 2.23. The minimum absolute atomic E-state index is 0.291. The summed E-state index contributed by atoms with van der Waals surface area (Å²) >= 11 is 0. The third-order valence-corrected chi connectivity index (χ3v) is 3.36. The molecule has 0 radical (unpaired) electrons. The number of benzene rings is 1. The lowest BCUT2D eigenvalue weighted by atomic mass is 10.1. The van der Waals surface area contributed by atoms with E-state index in [0.29, 0.717) is 31.0 Å². The Kier molecular flexibility index (Phi) is 3.62. The van der Waals surface area contributed by atoms with Crippen LogP contribution in [0.3, 0.4) is 0 Å². The van der Waals surface area contributed by atoms with E-state index in [-0.39, 0.29) is 5.82 Å². The highest BCUT2D eigenvalue weighted by Crippen LogP contribution is 2.19. The molecule has 0 fully saturated rings. The average Bonchev–Trinajstić information content (AvgIpc) is 2.94. The van der Waals surface area contributed by atoms with Gasteiger partial charge in [0, 0.05) is 25.1 Å². The molecule has 5 nitrogen and oxygen atoms in total. The van der Waals surface area contributed by atoms with E-state index >= 15 is 0 Å². The second kappa shape index (κ2) is 5.57. The van der Waals surface area contributed by atoms with Crippen molar-refractivity contribution in [3.05, 3.63) is 58.4 Å². The van der Waals surface area contributed by atoms with Gasteiger partial charge in [-0.15, -0.1) is 0 Å². The summed E-state index contributed by atoms with van der Waals surface area (Å²) in [6.45, 7) is 1.15. The summed E-state index contributed by atoms with van der Waals surface area (Å²) < 4.78 is 18.0. The van der Waals surface area contributed by atoms with Gasteiger partial charge in [0.15, 0.2) is 5.69 Å². The fourth-order valence-electron chi connectivity index (χ4n) is 2.39. The van der Waals surface area contributed by atoms with Crippen molar-refractivity contribution in [2.75, 3.05) is 7.11 Å². The maximum absolute atomic E-state index is 13.2. The van der Waals surface area contributed by atoms with E-state index in [1.165, 1.54) is 19.2 Å². The molecule has 108 valence electrons. The SMILES string of the molecule is COC(=O)c1nc(Cc2cccc(F)c2)nc2c1CNC2. The van der Waals surface area contributed by atoms with Crippen molar-refractivity contribution in [1.29, 1.82) is 0 Å². The number of nitrogens with zero attached hydrogens (tertiary/aromatic N) is 2. The Morgan fingerprint density at radius 3 is 3.00 bits per heavy atom. The van der Waals surface area contributed by atoms with Gasteiger partial charge >= 0.3 is 5.97 Å². The molecule has 0 bridgehead atoms. The summed E-state index contributed by atoms with van der Waals surface area (Å²) in [6, 6.07) is 6.26. The number of fused-ring (bicyclic) bond motifs is 1. The minimum Gasteiger partial charge on any atom is -0.464 e. The van der Waals surface area contributed by atoms with Gasteiger partial charge in [0.1, 0.15) is 11.6 Å². The number of rotatable bonds is 3. The van der Waals surface area contributed by atoms with Gasteiger partial charge < -0.3 is 10.1 Å². The summed E-state index contributed by atoms with van der Waals surface area (Å²) in [7, 11) is 1.32. The van der Waals surface area contributed by atoms with Gasteiger partial charge in [-0.2, -0.15) is 0 Å². The van der Waals surface area contributed by atoms with Crippen LogP contribution < -0.4 is 5.32 Å². The number of esters is 1. The van der Waals surface area contributed by atoms with Gasteiger partial charge in [-0.25, -0.2) is 19.2 Å². The highest BCUT2D eigenvalue weighted by molar-refractivity contribution is 5.89. The van der Waals surface area contributed by atoms with Crippen LogP contribution in [0.1, 0.15) is 33.1 Å². The number of halogens is 1. The summed E-state index contributed by atoms with van der Waals surface area (Å²) in [5, 5.41) is 3.14. The monoisotopic (exact) mass is 287 g/mol. The van der Waals surface area contributed by atoms with Crippen LogP contribution >= 0.6 is 0 Å². The highest BCUT2D eigenvalue weighted by atomic mass is 19.1. The molecule has 3 rings (SSSR count). The number of ether oxygens (including phenoxy) is 1. The van der Waals surface area contributed by atoms with Crippen molar-refractivity contribution in [3.8, 4) is 0 Å². The lowest BCUT2D eigenvalue weighted by Gasteiger charge is -2.08. The van der Waals surface area contributed by atoms with E-state index in [1.807, 2.05) is 0 Å². The number of nitrogens with one attached hydrogen (secondary N) is 1. The van der Waals surface area contributed by atoms with E-state index in [0.717, 1.165) is 16.8 Å². The van der Waals surface area contributed by atoms with Crippen LogP contribution in [-0.2, 0) is 24.2 Å². The van der Waals surface area contributed by atoms with Gasteiger partial charge in [0.25, 0.3) is 0 Å². The maximum atomic E-state index is 13.2. The van der Waals surface area contributed by atoms with E-state index in [4.69, 9.17) is 4.74 Å². The van der Waals surface area contributed by atoms with E-state index in [9.17, 15) is 9.18 Å². The molecule has 1 aromatic carbocycles. The normalized spacial score (nSPS) is 13.0. The van der Waals surface area contributed by atoms with Crippen LogP contribution in [0.15, 0.2) is 24.3 Å². The Morgan fingerprint density at radius 2 is 2.24 bits per heavy atom. The van der Waals surface area contributed by atoms with Crippen molar-refractivity contribution in [3.63, 3.8) is 0 Å². The van der Waals surface area contributed by atoms with Gasteiger partial charge in [0.2, 0.25) is 0 Å². The topological polar surface area (TPSA) is 64.1 Å². The molecule has 0 aliphatic carbocycles. The van der Waals surface area contributed by atoms with Gasteiger partial charge in [-0.3, -0.25) is 0 Å². The van der Waals surface area contributed by atoms with Gasteiger partial charge in [-0.05, 0) is 17.7 Å². The first-order valence-electron chi connectivity index (χ1n) is 6.59. The molecule has 0 unspecified atom stereocenters. The lowest BCUT2D eigenvalue weighted by molar-refractivity contribution is 0.0592. The van der Waals surface area contributed by atoms with Crippen molar-refractivity contribution < 1.29 is 13.9 Å². The number of hydrogen-bond donors (Lipinski definition) is 1. The predicted molar refractivity (Wildman–Crippen MR) is 73.1 cm³/mol. The zero-order valence-corrected chi connectivity index (χ0v) is 11.5. The number of carbonyl (C=O) groups excluding carboxylic acids is 1. The molecule has 21 heavy (non-hydrogen) atoms. The second-order valence-corrected chi connectivity index (χ2v) is 4.82. The Balaban J connectivity index is 1.98. The first-order valence-corrected chi connectivity index (χ1v) is 6.59. The van der Waals surface area contributed by atoms with E-state index in [1.54, 1.807) is 12.1 Å². The minimum atomic E-state index is -0.474. The number of hydrogen-bond acceptors (Lipinski definition) is 5. The Hall–Kier alpha value is -2.34. The number of carbonyl (C=O) groups is 1. The fraction of sp³-hybridized carbons (Fsp3) is 0.267. The summed E-state index contributed by atoms with van der Waals surface area (Å²) in [6.07, 6.45) is 0.370.